The van der Waals surface area contributed by atoms with Crippen LogP contribution >= 0.6 is 11.3 Å². The van der Waals surface area contributed by atoms with Crippen LogP contribution in [0, 0.1) is 0 Å². The number of halogens is 2. The summed E-state index contributed by atoms with van der Waals surface area (Å²) in [4.78, 5) is 0. The third-order valence-electron chi connectivity index (χ3n) is 2.38. The van der Waals surface area contributed by atoms with E-state index in [1.807, 2.05) is 5.38 Å². The van der Waals surface area contributed by atoms with Crippen molar-refractivity contribution in [3.8, 4) is 0 Å². The standard InChI is InChI=1S/C12H19F2NOS/c1-2-5-15-11(10-4-7-17-9-10)3-6-16-8-12(13)14/h4,7,9,11-12,15H,2-3,5-6,8H2,1H3. The summed E-state index contributed by atoms with van der Waals surface area (Å²) in [5, 5.41) is 7.51. The molecule has 0 bridgehead atoms. The number of hydrogen-bond acceptors (Lipinski definition) is 3. The van der Waals surface area contributed by atoms with E-state index in [0.717, 1.165) is 19.4 Å². The van der Waals surface area contributed by atoms with Gasteiger partial charge in [0.05, 0.1) is 0 Å². The summed E-state index contributed by atoms with van der Waals surface area (Å²) >= 11 is 1.64. The van der Waals surface area contributed by atoms with Gasteiger partial charge in [-0.3, -0.25) is 0 Å². The number of rotatable bonds is 9. The van der Waals surface area contributed by atoms with Gasteiger partial charge >= 0.3 is 0 Å². The Morgan fingerprint density at radius 2 is 2.29 bits per heavy atom. The largest absolute Gasteiger partial charge is 0.375 e. The van der Waals surface area contributed by atoms with Crippen LogP contribution in [0.15, 0.2) is 16.8 Å². The zero-order valence-electron chi connectivity index (χ0n) is 9.99. The van der Waals surface area contributed by atoms with Gasteiger partial charge in [-0.05, 0) is 41.8 Å². The third kappa shape index (κ3) is 6.10. The lowest BCUT2D eigenvalue weighted by Gasteiger charge is -2.17. The van der Waals surface area contributed by atoms with Gasteiger partial charge in [-0.25, -0.2) is 8.78 Å². The smallest absolute Gasteiger partial charge is 0.261 e. The van der Waals surface area contributed by atoms with E-state index in [2.05, 4.69) is 23.7 Å². The summed E-state index contributed by atoms with van der Waals surface area (Å²) < 4.78 is 28.7. The number of thiophene rings is 1. The van der Waals surface area contributed by atoms with Crippen molar-refractivity contribution in [3.63, 3.8) is 0 Å². The lowest BCUT2D eigenvalue weighted by molar-refractivity contribution is 0.0144. The predicted molar refractivity (Wildman–Crippen MR) is 66.8 cm³/mol. The first-order chi connectivity index (χ1) is 8.24. The molecule has 1 N–H and O–H groups in total. The van der Waals surface area contributed by atoms with Crippen molar-refractivity contribution in [2.45, 2.75) is 32.2 Å². The van der Waals surface area contributed by atoms with Crippen molar-refractivity contribution in [1.29, 1.82) is 0 Å². The van der Waals surface area contributed by atoms with Crippen molar-refractivity contribution in [2.24, 2.45) is 0 Å². The molecule has 0 aliphatic rings. The molecule has 1 rings (SSSR count). The number of hydrogen-bond donors (Lipinski definition) is 1. The molecule has 1 unspecified atom stereocenters. The number of ether oxygens (including phenoxy) is 1. The first kappa shape index (κ1) is 14.5. The molecule has 98 valence electrons. The lowest BCUT2D eigenvalue weighted by atomic mass is 10.1. The average Bonchev–Trinajstić information content (AvgIpc) is 2.81. The topological polar surface area (TPSA) is 21.3 Å². The van der Waals surface area contributed by atoms with E-state index in [1.165, 1.54) is 5.56 Å². The minimum atomic E-state index is -2.38. The van der Waals surface area contributed by atoms with Crippen molar-refractivity contribution >= 4 is 11.3 Å². The van der Waals surface area contributed by atoms with E-state index in [9.17, 15) is 8.78 Å². The van der Waals surface area contributed by atoms with Crippen LogP contribution in [0.25, 0.3) is 0 Å². The van der Waals surface area contributed by atoms with Gasteiger partial charge in [0.25, 0.3) is 6.43 Å². The van der Waals surface area contributed by atoms with Gasteiger partial charge in [0.1, 0.15) is 6.61 Å². The van der Waals surface area contributed by atoms with Gasteiger partial charge in [0.2, 0.25) is 0 Å². The summed E-state index contributed by atoms with van der Waals surface area (Å²) in [7, 11) is 0. The van der Waals surface area contributed by atoms with E-state index in [4.69, 9.17) is 4.74 Å². The zero-order chi connectivity index (χ0) is 12.5. The molecule has 0 saturated carbocycles. The molecule has 2 nitrogen and oxygen atoms in total. The monoisotopic (exact) mass is 263 g/mol. The molecule has 1 atom stereocenters. The van der Waals surface area contributed by atoms with E-state index in [-0.39, 0.29) is 6.04 Å². The van der Waals surface area contributed by atoms with E-state index < -0.39 is 13.0 Å². The Hall–Kier alpha value is -0.520. The summed E-state index contributed by atoms with van der Waals surface area (Å²) in [6.45, 7) is 2.92. The van der Waals surface area contributed by atoms with Crippen LogP contribution in [0.5, 0.6) is 0 Å². The van der Waals surface area contributed by atoms with Crippen LogP contribution < -0.4 is 5.32 Å². The van der Waals surface area contributed by atoms with Crippen molar-refractivity contribution < 1.29 is 13.5 Å². The Bertz CT molecular complexity index is 280. The van der Waals surface area contributed by atoms with E-state index >= 15 is 0 Å². The Morgan fingerprint density at radius 3 is 2.88 bits per heavy atom. The maximum atomic E-state index is 11.9. The summed E-state index contributed by atoms with van der Waals surface area (Å²) in [5.74, 6) is 0. The fourth-order valence-electron chi connectivity index (χ4n) is 1.55. The Morgan fingerprint density at radius 1 is 1.47 bits per heavy atom. The Kier molecular flexibility index (Phi) is 7.32. The Balaban J connectivity index is 2.31. The normalized spacial score (nSPS) is 13.2. The summed E-state index contributed by atoms with van der Waals surface area (Å²) in [6.07, 6.45) is -0.597. The molecule has 0 amide bonds. The highest BCUT2D eigenvalue weighted by molar-refractivity contribution is 7.07. The maximum absolute atomic E-state index is 11.9. The zero-order valence-corrected chi connectivity index (χ0v) is 10.8. The fourth-order valence-corrected chi connectivity index (χ4v) is 2.27. The molecule has 0 aromatic carbocycles. The molecular weight excluding hydrogens is 244 g/mol. The van der Waals surface area contributed by atoms with Crippen LogP contribution in [0.3, 0.4) is 0 Å². The van der Waals surface area contributed by atoms with Crippen molar-refractivity contribution in [2.75, 3.05) is 19.8 Å². The summed E-state index contributed by atoms with van der Waals surface area (Å²) in [6, 6.07) is 2.27. The quantitative estimate of drug-likeness (QED) is 0.689. The minimum absolute atomic E-state index is 0.207. The molecule has 1 aromatic rings. The van der Waals surface area contributed by atoms with Gasteiger partial charge in [0, 0.05) is 12.6 Å². The number of nitrogens with one attached hydrogen (secondary N) is 1. The number of alkyl halides is 2. The van der Waals surface area contributed by atoms with Crippen molar-refractivity contribution in [3.05, 3.63) is 22.4 Å². The molecule has 0 aliphatic carbocycles. The highest BCUT2D eigenvalue weighted by atomic mass is 32.1. The highest BCUT2D eigenvalue weighted by Crippen LogP contribution is 2.19. The van der Waals surface area contributed by atoms with Crippen LogP contribution in [0.4, 0.5) is 8.78 Å². The van der Waals surface area contributed by atoms with Crippen LogP contribution in [-0.2, 0) is 4.74 Å². The first-order valence-electron chi connectivity index (χ1n) is 5.85. The predicted octanol–water partition coefficient (Wildman–Crippen LogP) is 3.46. The van der Waals surface area contributed by atoms with Crippen LogP contribution in [-0.4, -0.2) is 26.2 Å². The third-order valence-corrected chi connectivity index (χ3v) is 3.08. The lowest BCUT2D eigenvalue weighted by Crippen LogP contribution is -2.23. The van der Waals surface area contributed by atoms with Gasteiger partial charge in [-0.2, -0.15) is 11.3 Å². The SMILES string of the molecule is CCCNC(CCOCC(F)F)c1ccsc1. The second-order valence-electron chi connectivity index (χ2n) is 3.82. The first-order valence-corrected chi connectivity index (χ1v) is 6.79. The molecule has 0 radical (unpaired) electrons. The van der Waals surface area contributed by atoms with Crippen LogP contribution in [0.2, 0.25) is 0 Å². The van der Waals surface area contributed by atoms with Gasteiger partial charge in [-0.15, -0.1) is 0 Å². The molecule has 5 heteroatoms. The van der Waals surface area contributed by atoms with Gasteiger partial charge in [0.15, 0.2) is 0 Å². The van der Waals surface area contributed by atoms with E-state index in [0.29, 0.717) is 6.61 Å². The van der Waals surface area contributed by atoms with Crippen molar-refractivity contribution in [1.82, 2.24) is 5.32 Å². The molecule has 17 heavy (non-hydrogen) atoms. The maximum Gasteiger partial charge on any atom is 0.261 e. The van der Waals surface area contributed by atoms with Gasteiger partial charge in [-0.1, -0.05) is 6.92 Å². The second-order valence-corrected chi connectivity index (χ2v) is 4.60. The molecular formula is C12H19F2NOS. The molecule has 0 aliphatic heterocycles. The molecule has 0 fully saturated rings. The van der Waals surface area contributed by atoms with Gasteiger partial charge < -0.3 is 10.1 Å². The Labute approximate surface area is 105 Å². The molecule has 1 aromatic heterocycles. The minimum Gasteiger partial charge on any atom is -0.375 e. The summed E-state index contributed by atoms with van der Waals surface area (Å²) in [5.41, 5.74) is 1.21. The highest BCUT2D eigenvalue weighted by Gasteiger charge is 2.11. The average molecular weight is 263 g/mol. The van der Waals surface area contributed by atoms with E-state index in [1.54, 1.807) is 11.3 Å². The second kappa shape index (κ2) is 8.55. The molecule has 1 heterocycles. The fraction of sp³-hybridized carbons (Fsp3) is 0.667. The van der Waals surface area contributed by atoms with Crippen LogP contribution in [0.1, 0.15) is 31.4 Å². The molecule has 0 spiro atoms. The molecule has 0 saturated heterocycles.